The molecule has 0 saturated heterocycles. The summed E-state index contributed by atoms with van der Waals surface area (Å²) in [4.78, 5) is 15.5. The maximum absolute atomic E-state index is 14.0. The minimum absolute atomic E-state index is 0.0845. The largest absolute Gasteiger partial charge is 0.460 e. The highest BCUT2D eigenvalue weighted by molar-refractivity contribution is 9.10. The molecule has 1 heterocycles. The molecule has 0 radical (unpaired) electrons. The van der Waals surface area contributed by atoms with Crippen molar-refractivity contribution < 1.29 is 13.9 Å². The van der Waals surface area contributed by atoms with E-state index in [1.54, 1.807) is 32.2 Å². The van der Waals surface area contributed by atoms with Gasteiger partial charge < -0.3 is 4.74 Å². The van der Waals surface area contributed by atoms with Crippen LogP contribution in [-0.2, 0) is 11.8 Å². The first kappa shape index (κ1) is 13.7. The molecule has 1 aromatic heterocycles. The van der Waals surface area contributed by atoms with Crippen LogP contribution in [0.25, 0.3) is 11.4 Å². The normalized spacial score (nSPS) is 10.5. The van der Waals surface area contributed by atoms with Crippen molar-refractivity contribution in [3.63, 3.8) is 0 Å². The average Bonchev–Trinajstić information content (AvgIpc) is 2.75. The van der Waals surface area contributed by atoms with Crippen molar-refractivity contribution in [3.05, 3.63) is 34.3 Å². The smallest absolute Gasteiger partial charge is 0.378 e. The van der Waals surface area contributed by atoms with E-state index in [0.29, 0.717) is 4.47 Å². The number of carbonyl (C=O) groups excluding carboxylic acids is 1. The molecule has 2 rings (SSSR count). The van der Waals surface area contributed by atoms with E-state index >= 15 is 0 Å². The van der Waals surface area contributed by atoms with Crippen molar-refractivity contribution in [2.75, 3.05) is 6.61 Å². The summed E-state index contributed by atoms with van der Waals surface area (Å²) in [5.74, 6) is -0.895. The summed E-state index contributed by atoms with van der Waals surface area (Å²) < 4.78 is 20.5. The highest BCUT2D eigenvalue weighted by Gasteiger charge is 2.19. The number of rotatable bonds is 3. The summed E-state index contributed by atoms with van der Waals surface area (Å²) >= 11 is 3.10. The molecular weight excluding hydrogens is 317 g/mol. The second-order valence-electron chi connectivity index (χ2n) is 3.70. The first-order valence-electron chi connectivity index (χ1n) is 5.57. The Morgan fingerprint density at radius 3 is 2.95 bits per heavy atom. The van der Waals surface area contributed by atoms with E-state index in [4.69, 9.17) is 4.74 Å². The fourth-order valence-electron chi connectivity index (χ4n) is 1.58. The monoisotopic (exact) mass is 327 g/mol. The summed E-state index contributed by atoms with van der Waals surface area (Å²) in [6.45, 7) is 1.92. The Labute approximate surface area is 117 Å². The van der Waals surface area contributed by atoms with Crippen LogP contribution in [0.15, 0.2) is 22.7 Å². The minimum Gasteiger partial charge on any atom is -0.460 e. The number of aryl methyl sites for hydroxylation is 1. The van der Waals surface area contributed by atoms with Crippen LogP contribution in [0.5, 0.6) is 0 Å². The fraction of sp³-hybridized carbons (Fsp3) is 0.250. The highest BCUT2D eigenvalue weighted by atomic mass is 79.9. The summed E-state index contributed by atoms with van der Waals surface area (Å²) in [5, 5.41) is 3.93. The number of nitrogens with zero attached hydrogens (tertiary/aromatic N) is 3. The van der Waals surface area contributed by atoms with Crippen molar-refractivity contribution in [1.82, 2.24) is 14.8 Å². The molecule has 0 fully saturated rings. The van der Waals surface area contributed by atoms with Gasteiger partial charge in [0.15, 0.2) is 5.82 Å². The van der Waals surface area contributed by atoms with Gasteiger partial charge in [-0.15, -0.1) is 5.10 Å². The fourth-order valence-corrected chi connectivity index (χ4v) is 1.94. The average molecular weight is 328 g/mol. The molecule has 0 aliphatic carbocycles. The van der Waals surface area contributed by atoms with Gasteiger partial charge in [0.1, 0.15) is 5.82 Å². The lowest BCUT2D eigenvalue weighted by Crippen LogP contribution is -2.07. The third kappa shape index (κ3) is 2.65. The van der Waals surface area contributed by atoms with Crippen LogP contribution in [0.1, 0.15) is 17.5 Å². The molecule has 7 heteroatoms. The Balaban J connectivity index is 2.46. The Bertz CT molecular complexity index is 627. The molecule has 19 heavy (non-hydrogen) atoms. The Morgan fingerprint density at radius 2 is 2.26 bits per heavy atom. The molecule has 0 spiro atoms. The third-order valence-electron chi connectivity index (χ3n) is 2.41. The topological polar surface area (TPSA) is 57.0 Å². The lowest BCUT2D eigenvalue weighted by atomic mass is 10.2. The Hall–Kier alpha value is -1.76. The van der Waals surface area contributed by atoms with Crippen LogP contribution in [0, 0.1) is 5.82 Å². The van der Waals surface area contributed by atoms with Crippen LogP contribution in [0.2, 0.25) is 0 Å². The van der Waals surface area contributed by atoms with E-state index < -0.39 is 11.8 Å². The highest BCUT2D eigenvalue weighted by Crippen LogP contribution is 2.26. The van der Waals surface area contributed by atoms with Crippen LogP contribution in [0.3, 0.4) is 0 Å². The zero-order chi connectivity index (χ0) is 14.0. The molecule has 100 valence electrons. The van der Waals surface area contributed by atoms with E-state index in [1.165, 1.54) is 4.68 Å². The quantitative estimate of drug-likeness (QED) is 0.813. The lowest BCUT2D eigenvalue weighted by molar-refractivity contribution is 0.0512. The molecular formula is C12H11BrFN3O2. The lowest BCUT2D eigenvalue weighted by Gasteiger charge is -2.02. The van der Waals surface area contributed by atoms with E-state index in [-0.39, 0.29) is 23.8 Å². The molecule has 5 nitrogen and oxygen atoms in total. The summed E-state index contributed by atoms with van der Waals surface area (Å²) in [7, 11) is 1.59. The van der Waals surface area contributed by atoms with Gasteiger partial charge in [-0.3, -0.25) is 0 Å². The number of benzene rings is 1. The molecule has 0 atom stereocenters. The van der Waals surface area contributed by atoms with E-state index in [9.17, 15) is 9.18 Å². The van der Waals surface area contributed by atoms with Gasteiger partial charge in [0, 0.05) is 7.05 Å². The molecule has 0 saturated carbocycles. The van der Waals surface area contributed by atoms with Crippen LogP contribution in [-0.4, -0.2) is 27.3 Å². The summed E-state index contributed by atoms with van der Waals surface area (Å²) in [5.41, 5.74) is 0.264. The van der Waals surface area contributed by atoms with Gasteiger partial charge in [0.2, 0.25) is 0 Å². The van der Waals surface area contributed by atoms with Crippen molar-refractivity contribution in [3.8, 4) is 11.4 Å². The number of halogens is 2. The maximum atomic E-state index is 14.0. The number of hydrogen-bond donors (Lipinski definition) is 0. The first-order valence-corrected chi connectivity index (χ1v) is 6.36. The zero-order valence-electron chi connectivity index (χ0n) is 10.4. The molecule has 0 bridgehead atoms. The predicted octanol–water partition coefficient (Wildman–Crippen LogP) is 2.56. The Kier molecular flexibility index (Phi) is 3.94. The first-order chi connectivity index (χ1) is 9.04. The number of carbonyl (C=O) groups is 1. The van der Waals surface area contributed by atoms with Crippen molar-refractivity contribution >= 4 is 21.9 Å². The number of hydrogen-bond acceptors (Lipinski definition) is 4. The molecule has 0 aliphatic rings. The molecule has 2 aromatic rings. The van der Waals surface area contributed by atoms with Gasteiger partial charge in [0.25, 0.3) is 5.82 Å². The van der Waals surface area contributed by atoms with Gasteiger partial charge in [0.05, 0.1) is 16.6 Å². The van der Waals surface area contributed by atoms with Crippen LogP contribution in [0.4, 0.5) is 4.39 Å². The van der Waals surface area contributed by atoms with E-state index in [0.717, 1.165) is 0 Å². The molecule has 0 N–H and O–H groups in total. The second kappa shape index (κ2) is 5.48. The number of esters is 1. The Morgan fingerprint density at radius 1 is 1.53 bits per heavy atom. The maximum Gasteiger partial charge on any atom is 0.378 e. The minimum atomic E-state index is -0.625. The van der Waals surface area contributed by atoms with Crippen LogP contribution >= 0.6 is 15.9 Å². The zero-order valence-corrected chi connectivity index (χ0v) is 11.9. The van der Waals surface area contributed by atoms with Gasteiger partial charge in [-0.05, 0) is 35.0 Å². The summed E-state index contributed by atoms with van der Waals surface area (Å²) in [6, 6.07) is 4.84. The summed E-state index contributed by atoms with van der Waals surface area (Å²) in [6.07, 6.45) is 0. The van der Waals surface area contributed by atoms with Gasteiger partial charge in [-0.1, -0.05) is 6.07 Å². The van der Waals surface area contributed by atoms with E-state index in [2.05, 4.69) is 26.0 Å². The number of aromatic nitrogens is 3. The SMILES string of the molecule is CCOC(=O)c1nc(-c2cccc(Br)c2F)n(C)n1. The van der Waals surface area contributed by atoms with Crippen molar-refractivity contribution in [2.45, 2.75) is 6.92 Å². The second-order valence-corrected chi connectivity index (χ2v) is 4.56. The standard InChI is InChI=1S/C12H11BrFN3O2/c1-3-19-12(18)10-15-11(17(2)16-10)7-5-4-6-8(13)9(7)14/h4-6H,3H2,1-2H3. The third-order valence-corrected chi connectivity index (χ3v) is 3.03. The molecule has 0 unspecified atom stereocenters. The van der Waals surface area contributed by atoms with Crippen molar-refractivity contribution in [2.24, 2.45) is 7.05 Å². The predicted molar refractivity (Wildman–Crippen MR) is 70.1 cm³/mol. The molecule has 0 amide bonds. The van der Waals surface area contributed by atoms with Crippen molar-refractivity contribution in [1.29, 1.82) is 0 Å². The number of ether oxygens (including phenoxy) is 1. The van der Waals surface area contributed by atoms with Crippen LogP contribution < -0.4 is 0 Å². The van der Waals surface area contributed by atoms with Gasteiger partial charge in [-0.2, -0.15) is 0 Å². The molecule has 0 aliphatic heterocycles. The van der Waals surface area contributed by atoms with E-state index in [1.807, 2.05) is 0 Å². The van der Waals surface area contributed by atoms with Gasteiger partial charge >= 0.3 is 5.97 Å². The van der Waals surface area contributed by atoms with Gasteiger partial charge in [-0.25, -0.2) is 18.9 Å². The molecule has 1 aromatic carbocycles.